The number of rotatable bonds is 6. The van der Waals surface area contributed by atoms with Crippen molar-refractivity contribution in [1.82, 2.24) is 9.80 Å². The lowest BCUT2D eigenvalue weighted by atomic mass is 10.2. The maximum atomic E-state index is 10.9. The van der Waals surface area contributed by atoms with Crippen molar-refractivity contribution in [3.63, 3.8) is 0 Å². The van der Waals surface area contributed by atoms with Crippen molar-refractivity contribution < 1.29 is 21.9 Å². The Balaban J connectivity index is 0.00000242. The average Bonchev–Trinajstić information content (AvgIpc) is 2.82. The van der Waals surface area contributed by atoms with Crippen molar-refractivity contribution >= 4 is 52.6 Å². The molecule has 1 aromatic carbocycles. The Morgan fingerprint density at radius 1 is 1.43 bits per heavy atom. The Kier molecular flexibility index (Phi) is 9.63. The summed E-state index contributed by atoms with van der Waals surface area (Å²) in [5, 5.41) is 14.4. The SMILES string of the molecule is CN1C=CN(CCCNc2cc([N+](=O)[O-])c(N)cc2Cl)C1.I.[Br-]. The number of nitrogen functional groups attached to an aromatic ring is 1. The third-order valence-corrected chi connectivity index (χ3v) is 3.50. The van der Waals surface area contributed by atoms with E-state index >= 15 is 0 Å². The van der Waals surface area contributed by atoms with Crippen molar-refractivity contribution in [1.29, 1.82) is 0 Å². The molecule has 0 amide bonds. The zero-order valence-electron chi connectivity index (χ0n) is 12.5. The van der Waals surface area contributed by atoms with Gasteiger partial charge in [0.1, 0.15) is 5.69 Å². The molecule has 10 heteroatoms. The van der Waals surface area contributed by atoms with Gasteiger partial charge in [-0.15, -0.1) is 24.0 Å². The van der Waals surface area contributed by atoms with E-state index < -0.39 is 4.92 Å². The van der Waals surface area contributed by atoms with Crippen LogP contribution in [0.15, 0.2) is 24.5 Å². The lowest BCUT2D eigenvalue weighted by molar-refractivity contribution is -0.383. The summed E-state index contributed by atoms with van der Waals surface area (Å²) in [6.45, 7) is 2.46. The second-order valence-electron chi connectivity index (χ2n) is 4.94. The van der Waals surface area contributed by atoms with Gasteiger partial charge in [0.25, 0.3) is 5.69 Å². The highest BCUT2D eigenvalue weighted by Gasteiger charge is 2.15. The van der Waals surface area contributed by atoms with Gasteiger partial charge in [-0.3, -0.25) is 10.1 Å². The molecule has 7 nitrogen and oxygen atoms in total. The highest BCUT2D eigenvalue weighted by atomic mass is 127. The molecule has 1 aliphatic rings. The van der Waals surface area contributed by atoms with Crippen LogP contribution in [0.1, 0.15) is 6.42 Å². The zero-order valence-corrected chi connectivity index (χ0v) is 17.2. The van der Waals surface area contributed by atoms with Crippen LogP contribution in [-0.2, 0) is 0 Å². The molecule has 0 unspecified atom stereocenters. The summed E-state index contributed by atoms with van der Waals surface area (Å²) in [7, 11) is 2.02. The fraction of sp³-hybridized carbons (Fsp3) is 0.385. The topological polar surface area (TPSA) is 87.7 Å². The van der Waals surface area contributed by atoms with E-state index in [4.69, 9.17) is 17.3 Å². The van der Waals surface area contributed by atoms with Crippen LogP contribution >= 0.6 is 35.6 Å². The highest BCUT2D eigenvalue weighted by Crippen LogP contribution is 2.32. The fourth-order valence-electron chi connectivity index (χ4n) is 2.11. The summed E-state index contributed by atoms with van der Waals surface area (Å²) in [6, 6.07) is 2.78. The molecule has 2 rings (SSSR count). The van der Waals surface area contributed by atoms with E-state index in [0.29, 0.717) is 17.3 Å². The largest absolute Gasteiger partial charge is 1.00 e. The minimum Gasteiger partial charge on any atom is -1.00 e. The number of halogens is 3. The molecule has 0 bridgehead atoms. The van der Waals surface area contributed by atoms with Crippen molar-refractivity contribution in [3.8, 4) is 0 Å². The van der Waals surface area contributed by atoms with Gasteiger partial charge in [-0.1, -0.05) is 11.6 Å². The van der Waals surface area contributed by atoms with E-state index in [1.165, 1.54) is 12.1 Å². The molecule has 0 saturated carbocycles. The second kappa shape index (κ2) is 10.0. The Hall–Kier alpha value is -0.940. The van der Waals surface area contributed by atoms with Crippen molar-refractivity contribution in [3.05, 3.63) is 39.7 Å². The lowest BCUT2D eigenvalue weighted by Gasteiger charge is -2.18. The van der Waals surface area contributed by atoms with Gasteiger partial charge in [-0.2, -0.15) is 0 Å². The number of nitrogens with one attached hydrogen (secondary N) is 1. The Bertz CT molecular complexity index is 576. The maximum absolute atomic E-state index is 10.9. The minimum atomic E-state index is -0.512. The van der Waals surface area contributed by atoms with Crippen LogP contribution in [0.3, 0.4) is 0 Å². The number of benzene rings is 1. The van der Waals surface area contributed by atoms with E-state index in [0.717, 1.165) is 19.6 Å². The monoisotopic (exact) mass is 518 g/mol. The predicted molar refractivity (Wildman–Crippen MR) is 99.5 cm³/mol. The van der Waals surface area contributed by atoms with Gasteiger partial charge in [-0.05, 0) is 12.5 Å². The van der Waals surface area contributed by atoms with Gasteiger partial charge in [0.2, 0.25) is 0 Å². The average molecular weight is 520 g/mol. The molecule has 0 fully saturated rings. The highest BCUT2D eigenvalue weighted by molar-refractivity contribution is 14.0. The van der Waals surface area contributed by atoms with Gasteiger partial charge in [0.05, 0.1) is 22.3 Å². The molecule has 0 aliphatic carbocycles. The van der Waals surface area contributed by atoms with Gasteiger partial charge >= 0.3 is 0 Å². The van der Waals surface area contributed by atoms with Gasteiger partial charge in [-0.25, -0.2) is 0 Å². The quantitative estimate of drug-likeness (QED) is 0.180. The predicted octanol–water partition coefficient (Wildman–Crippen LogP) is -0.0695. The molecule has 130 valence electrons. The fourth-order valence-corrected chi connectivity index (χ4v) is 2.35. The third kappa shape index (κ3) is 6.22. The van der Waals surface area contributed by atoms with Crippen molar-refractivity contribution in [2.45, 2.75) is 6.42 Å². The van der Waals surface area contributed by atoms with Gasteiger partial charge < -0.3 is 37.8 Å². The molecule has 0 atom stereocenters. The molecule has 1 aromatic rings. The Morgan fingerprint density at radius 2 is 2.13 bits per heavy atom. The maximum Gasteiger partial charge on any atom is 0.294 e. The summed E-state index contributed by atoms with van der Waals surface area (Å²) in [6.07, 6.45) is 4.96. The van der Waals surface area contributed by atoms with Crippen molar-refractivity contribution in [2.24, 2.45) is 0 Å². The van der Waals surface area contributed by atoms with E-state index in [1.807, 2.05) is 19.4 Å². The smallest absolute Gasteiger partial charge is 0.294 e. The Labute approximate surface area is 167 Å². The molecule has 0 radical (unpaired) electrons. The second-order valence-corrected chi connectivity index (χ2v) is 5.34. The van der Waals surface area contributed by atoms with Crippen LogP contribution in [0.5, 0.6) is 0 Å². The van der Waals surface area contributed by atoms with Gasteiger partial charge in [0, 0.05) is 38.6 Å². The molecule has 0 aromatic heterocycles. The first-order valence-electron chi connectivity index (χ1n) is 6.57. The van der Waals surface area contributed by atoms with Gasteiger partial charge in [0.15, 0.2) is 0 Å². The number of nitrogens with two attached hydrogens (primary N) is 1. The Morgan fingerprint density at radius 3 is 2.70 bits per heavy atom. The molecule has 3 N–H and O–H groups in total. The summed E-state index contributed by atoms with van der Waals surface area (Å²) in [5.74, 6) is 0. The first kappa shape index (κ1) is 22.1. The first-order valence-corrected chi connectivity index (χ1v) is 6.95. The van der Waals surface area contributed by atoms with Crippen LogP contribution < -0.4 is 28.0 Å². The number of nitro benzene ring substituents is 1. The number of anilines is 2. The third-order valence-electron chi connectivity index (χ3n) is 3.19. The summed E-state index contributed by atoms with van der Waals surface area (Å²) < 4.78 is 0. The standard InChI is InChI=1S/C13H18ClN5O2.BrH.HI/c1-17-5-6-18(9-17)4-2-3-16-12-8-13(19(20)21)11(15)7-10(12)14;;/h5-8,16H,2-4,9,15H2,1H3;2*1H/p-1. The van der Waals surface area contributed by atoms with Crippen molar-refractivity contribution in [2.75, 3.05) is 37.9 Å². The van der Waals surface area contributed by atoms with Crippen LogP contribution in [-0.4, -0.2) is 41.5 Å². The van der Waals surface area contributed by atoms with E-state index in [9.17, 15) is 10.1 Å². The molecule has 1 aliphatic heterocycles. The van der Waals surface area contributed by atoms with Crippen LogP contribution in [0.4, 0.5) is 17.1 Å². The number of nitrogens with zero attached hydrogens (tertiary/aromatic N) is 3. The number of hydrogen-bond donors (Lipinski definition) is 2. The summed E-state index contributed by atoms with van der Waals surface area (Å²) >= 11 is 6.04. The minimum absolute atomic E-state index is 0. The van der Waals surface area contributed by atoms with Crippen LogP contribution in [0.2, 0.25) is 5.02 Å². The molecular weight excluding hydrogens is 500 g/mol. The van der Waals surface area contributed by atoms with Crippen LogP contribution in [0.25, 0.3) is 0 Å². The molecule has 0 spiro atoms. The summed E-state index contributed by atoms with van der Waals surface area (Å²) in [4.78, 5) is 14.6. The molecule has 0 saturated heterocycles. The normalized spacial score (nSPS) is 12.6. The van der Waals surface area contributed by atoms with E-state index in [-0.39, 0.29) is 52.3 Å². The molecule has 23 heavy (non-hydrogen) atoms. The first-order chi connectivity index (χ1) is 9.97. The number of nitro groups is 1. The van der Waals surface area contributed by atoms with E-state index in [1.54, 1.807) is 0 Å². The molecular formula is C13H19BrClIN5O2-. The zero-order chi connectivity index (χ0) is 15.4. The number of hydrogen-bond acceptors (Lipinski definition) is 6. The van der Waals surface area contributed by atoms with E-state index in [2.05, 4.69) is 15.1 Å². The van der Waals surface area contributed by atoms with Crippen LogP contribution in [0, 0.1) is 10.1 Å². The summed E-state index contributed by atoms with van der Waals surface area (Å²) in [5.41, 5.74) is 6.04. The molecule has 1 heterocycles. The lowest BCUT2D eigenvalue weighted by Crippen LogP contribution is -3.00.